The minimum Gasteiger partial charge on any atom is -0.264 e. The van der Waals surface area contributed by atoms with Crippen molar-refractivity contribution in [1.29, 1.82) is 0 Å². The van der Waals surface area contributed by atoms with Crippen LogP contribution >= 0.6 is 23.1 Å². The van der Waals surface area contributed by atoms with Crippen LogP contribution in [0.5, 0.6) is 0 Å². The van der Waals surface area contributed by atoms with Crippen molar-refractivity contribution < 1.29 is 13.2 Å². The molecule has 4 aromatic rings. The van der Waals surface area contributed by atoms with Crippen LogP contribution in [0.4, 0.5) is 13.2 Å². The standard InChI is InChI=1S/C21H15F3N4S2/c1-13-19(30-20(26-13)15-5-3-9-25-11-15)17-7-8-18(28-27-17)29-12-14-4-2-6-16(10-14)21(22,23)24/h2-11H,12H2,1H3. The molecule has 0 unspecified atom stereocenters. The van der Waals surface area contributed by atoms with Crippen LogP contribution in [0.25, 0.3) is 21.1 Å². The molecule has 0 saturated carbocycles. The molecule has 0 amide bonds. The molecule has 0 saturated heterocycles. The Balaban J connectivity index is 1.47. The highest BCUT2D eigenvalue weighted by atomic mass is 32.2. The van der Waals surface area contributed by atoms with Gasteiger partial charge in [0, 0.05) is 23.7 Å². The van der Waals surface area contributed by atoms with Crippen molar-refractivity contribution in [1.82, 2.24) is 20.2 Å². The molecule has 152 valence electrons. The summed E-state index contributed by atoms with van der Waals surface area (Å²) in [4.78, 5) is 9.65. The average molecular weight is 445 g/mol. The first-order chi connectivity index (χ1) is 14.4. The molecule has 4 rings (SSSR count). The number of rotatable bonds is 5. The normalized spacial score (nSPS) is 11.6. The maximum atomic E-state index is 12.8. The minimum atomic E-state index is -4.34. The van der Waals surface area contributed by atoms with Gasteiger partial charge in [-0.25, -0.2) is 4.98 Å². The van der Waals surface area contributed by atoms with Gasteiger partial charge in [-0.2, -0.15) is 13.2 Å². The summed E-state index contributed by atoms with van der Waals surface area (Å²) >= 11 is 2.86. The van der Waals surface area contributed by atoms with Crippen LogP contribution in [0.1, 0.15) is 16.8 Å². The molecule has 0 atom stereocenters. The summed E-state index contributed by atoms with van der Waals surface area (Å²) in [6.45, 7) is 1.92. The molecule has 1 aromatic carbocycles. The molecular weight excluding hydrogens is 429 g/mol. The van der Waals surface area contributed by atoms with Gasteiger partial charge in [0.05, 0.1) is 16.1 Å². The van der Waals surface area contributed by atoms with Gasteiger partial charge >= 0.3 is 6.18 Å². The maximum Gasteiger partial charge on any atom is 0.416 e. The van der Waals surface area contributed by atoms with E-state index in [0.29, 0.717) is 22.0 Å². The van der Waals surface area contributed by atoms with E-state index in [-0.39, 0.29) is 0 Å². The second-order valence-corrected chi connectivity index (χ2v) is 8.41. The first-order valence-electron chi connectivity index (χ1n) is 8.91. The number of pyridine rings is 1. The van der Waals surface area contributed by atoms with Crippen LogP contribution in [0.3, 0.4) is 0 Å². The number of alkyl halides is 3. The van der Waals surface area contributed by atoms with Crippen molar-refractivity contribution >= 4 is 23.1 Å². The maximum absolute atomic E-state index is 12.8. The highest BCUT2D eigenvalue weighted by Crippen LogP contribution is 2.34. The zero-order valence-corrected chi connectivity index (χ0v) is 17.4. The first kappa shape index (κ1) is 20.5. The fraction of sp³-hybridized carbons (Fsp3) is 0.143. The second kappa shape index (κ2) is 8.53. The lowest BCUT2D eigenvalue weighted by Gasteiger charge is -2.08. The predicted octanol–water partition coefficient (Wildman–Crippen LogP) is 6.28. The van der Waals surface area contributed by atoms with Crippen LogP contribution < -0.4 is 0 Å². The molecule has 3 aromatic heterocycles. The van der Waals surface area contributed by atoms with E-state index in [4.69, 9.17) is 0 Å². The Morgan fingerprint density at radius 2 is 1.90 bits per heavy atom. The van der Waals surface area contributed by atoms with E-state index in [9.17, 15) is 13.2 Å². The van der Waals surface area contributed by atoms with E-state index in [1.54, 1.807) is 18.5 Å². The Morgan fingerprint density at radius 3 is 2.60 bits per heavy atom. The van der Waals surface area contributed by atoms with E-state index in [0.717, 1.165) is 33.3 Å². The van der Waals surface area contributed by atoms with Crippen molar-refractivity contribution in [2.75, 3.05) is 0 Å². The molecule has 0 aliphatic heterocycles. The number of benzene rings is 1. The molecule has 9 heteroatoms. The van der Waals surface area contributed by atoms with E-state index in [1.165, 1.54) is 29.2 Å². The summed E-state index contributed by atoms with van der Waals surface area (Å²) in [7, 11) is 0. The van der Waals surface area contributed by atoms with Gasteiger partial charge in [0.25, 0.3) is 0 Å². The summed E-state index contributed by atoms with van der Waals surface area (Å²) in [6.07, 6.45) is -0.864. The number of aromatic nitrogens is 4. The summed E-state index contributed by atoms with van der Waals surface area (Å²) in [6, 6.07) is 12.8. The molecule has 30 heavy (non-hydrogen) atoms. The molecule has 0 aliphatic rings. The lowest BCUT2D eigenvalue weighted by Crippen LogP contribution is -2.04. The SMILES string of the molecule is Cc1nc(-c2cccnc2)sc1-c1ccc(SCc2cccc(C(F)(F)F)c2)nn1. The van der Waals surface area contributed by atoms with E-state index in [2.05, 4.69) is 20.2 Å². The Hall–Kier alpha value is -2.78. The van der Waals surface area contributed by atoms with Crippen molar-refractivity contribution in [2.45, 2.75) is 23.9 Å². The van der Waals surface area contributed by atoms with Gasteiger partial charge in [0.15, 0.2) is 0 Å². The highest BCUT2D eigenvalue weighted by molar-refractivity contribution is 7.98. The summed E-state index contributed by atoms with van der Waals surface area (Å²) in [5, 5.41) is 10.0. The number of thioether (sulfide) groups is 1. The third-order valence-electron chi connectivity index (χ3n) is 4.22. The summed E-state index contributed by atoms with van der Waals surface area (Å²) < 4.78 is 38.5. The van der Waals surface area contributed by atoms with Crippen LogP contribution in [-0.4, -0.2) is 20.2 Å². The minimum absolute atomic E-state index is 0.378. The molecule has 0 fully saturated rings. The number of hydrogen-bond donors (Lipinski definition) is 0. The number of nitrogens with zero attached hydrogens (tertiary/aromatic N) is 4. The van der Waals surface area contributed by atoms with Gasteiger partial charge in [-0.3, -0.25) is 4.98 Å². The van der Waals surface area contributed by atoms with Gasteiger partial charge in [-0.15, -0.1) is 21.5 Å². The molecule has 0 aliphatic carbocycles. The van der Waals surface area contributed by atoms with E-state index in [1.807, 2.05) is 31.2 Å². The lowest BCUT2D eigenvalue weighted by molar-refractivity contribution is -0.137. The topological polar surface area (TPSA) is 51.6 Å². The van der Waals surface area contributed by atoms with Gasteiger partial charge < -0.3 is 0 Å². The first-order valence-corrected chi connectivity index (χ1v) is 10.7. The molecule has 0 N–H and O–H groups in total. The third kappa shape index (κ3) is 4.68. The quantitative estimate of drug-likeness (QED) is 0.339. The molecule has 0 radical (unpaired) electrons. The second-order valence-electron chi connectivity index (χ2n) is 6.42. The summed E-state index contributed by atoms with van der Waals surface area (Å²) in [5.41, 5.74) is 2.45. The van der Waals surface area contributed by atoms with Crippen LogP contribution in [0.2, 0.25) is 0 Å². The Kier molecular flexibility index (Phi) is 5.83. The fourth-order valence-corrected chi connectivity index (χ4v) is 4.54. The van der Waals surface area contributed by atoms with Crippen molar-refractivity contribution in [2.24, 2.45) is 0 Å². The van der Waals surface area contributed by atoms with Crippen LogP contribution in [0, 0.1) is 6.92 Å². The predicted molar refractivity (Wildman–Crippen MR) is 112 cm³/mol. The van der Waals surface area contributed by atoms with Crippen molar-refractivity contribution in [3.63, 3.8) is 0 Å². The number of aryl methyl sites for hydroxylation is 1. The number of thiazole rings is 1. The Morgan fingerprint density at radius 1 is 1.03 bits per heavy atom. The largest absolute Gasteiger partial charge is 0.416 e. The lowest BCUT2D eigenvalue weighted by atomic mass is 10.1. The Bertz CT molecular complexity index is 1140. The molecule has 3 heterocycles. The van der Waals surface area contributed by atoms with Gasteiger partial charge in [0.2, 0.25) is 0 Å². The van der Waals surface area contributed by atoms with Gasteiger partial charge in [-0.05, 0) is 42.8 Å². The van der Waals surface area contributed by atoms with Crippen LogP contribution in [-0.2, 0) is 11.9 Å². The monoisotopic (exact) mass is 444 g/mol. The zero-order chi connectivity index (χ0) is 21.1. The fourth-order valence-electron chi connectivity index (χ4n) is 2.76. The van der Waals surface area contributed by atoms with Gasteiger partial charge in [0.1, 0.15) is 15.7 Å². The van der Waals surface area contributed by atoms with Crippen LogP contribution in [0.15, 0.2) is 66.0 Å². The summed E-state index contributed by atoms with van der Waals surface area (Å²) in [5.74, 6) is 0.378. The third-order valence-corrected chi connectivity index (χ3v) is 6.44. The number of halogens is 3. The van der Waals surface area contributed by atoms with Crippen molar-refractivity contribution in [3.8, 4) is 21.1 Å². The Labute approximate surface area is 179 Å². The zero-order valence-electron chi connectivity index (χ0n) is 15.7. The van der Waals surface area contributed by atoms with E-state index >= 15 is 0 Å². The molecular formula is C21H15F3N4S2. The number of hydrogen-bond acceptors (Lipinski definition) is 6. The highest BCUT2D eigenvalue weighted by Gasteiger charge is 2.30. The smallest absolute Gasteiger partial charge is 0.264 e. The molecule has 0 bridgehead atoms. The van der Waals surface area contributed by atoms with E-state index < -0.39 is 11.7 Å². The molecule has 0 spiro atoms. The van der Waals surface area contributed by atoms with Crippen molar-refractivity contribution in [3.05, 3.63) is 77.7 Å². The van der Waals surface area contributed by atoms with Gasteiger partial charge in [-0.1, -0.05) is 30.0 Å². The average Bonchev–Trinajstić information content (AvgIpc) is 3.14. The molecule has 4 nitrogen and oxygen atoms in total.